The number of ether oxygens (including phenoxy) is 3. The van der Waals surface area contributed by atoms with Crippen molar-refractivity contribution in [2.45, 2.75) is 210 Å². The third kappa shape index (κ3) is 29.6. The van der Waals surface area contributed by atoms with E-state index in [0.717, 1.165) is 70.6 Å². The second-order valence-electron chi connectivity index (χ2n) is 17.2. The lowest BCUT2D eigenvalue weighted by molar-refractivity contribution is -0.216. The van der Waals surface area contributed by atoms with Crippen molar-refractivity contribution >= 4 is 27.6 Å². The molecule has 1 aliphatic carbocycles. The number of phosphoric acid groups is 2. The molecule has 68 heavy (non-hydrogen) atoms. The summed E-state index contributed by atoms with van der Waals surface area (Å²) in [6, 6.07) is 0. The summed E-state index contributed by atoms with van der Waals surface area (Å²) in [5.74, 6) is -1.31. The van der Waals surface area contributed by atoms with E-state index in [1.165, 1.54) is 38.5 Å². The molecule has 0 radical (unpaired) electrons. The zero-order valence-corrected chi connectivity index (χ0v) is 42.0. The summed E-state index contributed by atoms with van der Waals surface area (Å²) < 4.78 is 55.0. The Morgan fingerprint density at radius 3 is 1.56 bits per heavy atom. The first kappa shape index (κ1) is 61.5. The molecule has 19 heteroatoms. The predicted octanol–water partition coefficient (Wildman–Crippen LogP) is 8.61. The lowest BCUT2D eigenvalue weighted by Gasteiger charge is -2.43. The number of hydrogen-bond donors (Lipinski definition) is 7. The number of esters is 2. The van der Waals surface area contributed by atoms with Crippen molar-refractivity contribution in [1.82, 2.24) is 0 Å². The zero-order chi connectivity index (χ0) is 50.0. The molecule has 2 aliphatic rings. The molecular weight excluding hydrogens is 922 g/mol. The van der Waals surface area contributed by atoms with E-state index in [1.54, 1.807) is 6.08 Å². The molecule has 390 valence electrons. The number of aliphatic hydroxyl groups excluding tert-OH is 4. The molecule has 10 atom stereocenters. The summed E-state index contributed by atoms with van der Waals surface area (Å²) in [6.07, 6.45) is 30.5. The van der Waals surface area contributed by atoms with Crippen molar-refractivity contribution in [2.24, 2.45) is 0 Å². The molecule has 17 nitrogen and oxygen atoms in total. The minimum Gasteiger partial charge on any atom is -0.462 e. The van der Waals surface area contributed by atoms with Gasteiger partial charge in [0, 0.05) is 12.8 Å². The lowest BCUT2D eigenvalue weighted by Crippen LogP contribution is -2.64. The summed E-state index contributed by atoms with van der Waals surface area (Å²) >= 11 is 0. The number of allylic oxidation sites excluding steroid dienone is 10. The Labute approximate surface area is 404 Å². The minimum absolute atomic E-state index is 0.0871. The molecule has 1 saturated carbocycles. The number of aliphatic hydroxyl groups is 4. The summed E-state index contributed by atoms with van der Waals surface area (Å²) in [5, 5.41) is 41.3. The van der Waals surface area contributed by atoms with Crippen LogP contribution in [0.2, 0.25) is 0 Å². The number of unbranched alkanes of at least 4 members (excludes halogenated alkanes) is 11. The molecule has 0 aromatic carbocycles. The average molecular weight is 1010 g/mol. The Bertz CT molecular complexity index is 1660. The molecule has 1 aliphatic heterocycles. The molecule has 0 aromatic heterocycles. The van der Waals surface area contributed by atoms with Crippen molar-refractivity contribution in [3.63, 3.8) is 0 Å². The van der Waals surface area contributed by atoms with E-state index in [4.69, 9.17) is 23.3 Å². The lowest BCUT2D eigenvalue weighted by atomic mass is 9.85. The Balaban J connectivity index is 1.80. The van der Waals surface area contributed by atoms with Gasteiger partial charge in [-0.1, -0.05) is 145 Å². The van der Waals surface area contributed by atoms with E-state index < -0.39 is 83.5 Å². The van der Waals surface area contributed by atoms with E-state index in [-0.39, 0.29) is 12.8 Å². The van der Waals surface area contributed by atoms with Gasteiger partial charge in [-0.2, -0.15) is 0 Å². The van der Waals surface area contributed by atoms with Crippen molar-refractivity contribution < 1.29 is 81.6 Å². The normalized spacial score (nSPS) is 24.8. The largest absolute Gasteiger partial charge is 0.472 e. The maximum Gasteiger partial charge on any atom is 0.472 e. The average Bonchev–Trinajstić information content (AvgIpc) is 4.05. The summed E-state index contributed by atoms with van der Waals surface area (Å²) in [4.78, 5) is 54.3. The number of rotatable bonds is 39. The quantitative estimate of drug-likeness (QED) is 0.00998. The second kappa shape index (κ2) is 36.3. The first-order valence-corrected chi connectivity index (χ1v) is 27.6. The fourth-order valence-corrected chi connectivity index (χ4v) is 8.87. The highest BCUT2D eigenvalue weighted by Crippen LogP contribution is 2.49. The number of carbonyl (C=O) groups is 2. The van der Waals surface area contributed by atoms with Crippen LogP contribution in [0, 0.1) is 0 Å². The minimum atomic E-state index is -5.38. The first-order valence-electron chi connectivity index (χ1n) is 24.6. The van der Waals surface area contributed by atoms with Crippen molar-refractivity contribution in [3.05, 3.63) is 72.9 Å². The number of carbonyl (C=O) groups excluding carboxylic acids is 2. The molecular formula is C49H82O17P2. The number of phosphoric ester groups is 2. The predicted molar refractivity (Wildman–Crippen MR) is 259 cm³/mol. The smallest absolute Gasteiger partial charge is 0.462 e. The fraction of sp³-hybridized carbons (Fsp3) is 0.714. The van der Waals surface area contributed by atoms with Crippen LogP contribution in [0.4, 0.5) is 0 Å². The van der Waals surface area contributed by atoms with Gasteiger partial charge < -0.3 is 49.3 Å². The highest BCUT2D eigenvalue weighted by molar-refractivity contribution is 7.47. The van der Waals surface area contributed by atoms with Crippen LogP contribution in [0.25, 0.3) is 0 Å². The highest BCUT2D eigenvalue weighted by Gasteiger charge is 2.54. The van der Waals surface area contributed by atoms with Crippen LogP contribution in [-0.2, 0) is 46.5 Å². The molecule has 1 heterocycles. The third-order valence-electron chi connectivity index (χ3n) is 11.2. The van der Waals surface area contributed by atoms with E-state index >= 15 is 0 Å². The van der Waals surface area contributed by atoms with Gasteiger partial charge in [-0.15, -0.1) is 0 Å². The summed E-state index contributed by atoms with van der Waals surface area (Å²) in [7, 11) is -10.7. The summed E-state index contributed by atoms with van der Waals surface area (Å²) in [6.45, 7) is 2.85. The Hall–Kier alpha value is -2.60. The molecule has 7 N–H and O–H groups in total. The van der Waals surface area contributed by atoms with Gasteiger partial charge in [-0.3, -0.25) is 23.2 Å². The number of hydrogen-bond acceptors (Lipinski definition) is 14. The van der Waals surface area contributed by atoms with Gasteiger partial charge in [0.05, 0.1) is 18.8 Å². The Morgan fingerprint density at radius 2 is 1.00 bits per heavy atom. The van der Waals surface area contributed by atoms with Crippen molar-refractivity contribution in [1.29, 1.82) is 0 Å². The van der Waals surface area contributed by atoms with Crippen molar-refractivity contribution in [2.75, 3.05) is 13.2 Å². The molecule has 1 saturated heterocycles. The molecule has 2 fully saturated rings. The Morgan fingerprint density at radius 1 is 0.529 bits per heavy atom. The van der Waals surface area contributed by atoms with E-state index in [1.807, 2.05) is 18.2 Å². The van der Waals surface area contributed by atoms with E-state index in [0.29, 0.717) is 31.5 Å². The van der Waals surface area contributed by atoms with E-state index in [2.05, 4.69) is 67.0 Å². The monoisotopic (exact) mass is 1000 g/mol. The van der Waals surface area contributed by atoms with E-state index in [9.17, 15) is 53.8 Å². The van der Waals surface area contributed by atoms with Crippen LogP contribution < -0.4 is 0 Å². The highest BCUT2D eigenvalue weighted by atomic mass is 31.2. The number of epoxide rings is 1. The fourth-order valence-electron chi connectivity index (χ4n) is 7.33. The molecule has 0 spiro atoms. The molecule has 0 aromatic rings. The van der Waals surface area contributed by atoms with Crippen LogP contribution in [0.5, 0.6) is 0 Å². The maximum atomic E-state index is 13.0. The van der Waals surface area contributed by atoms with Gasteiger partial charge >= 0.3 is 27.6 Å². The SMILES string of the molecule is CC/C=C\CCCCCCCCCCCCCC(=O)OC[C@H](COP(=O)(O)O[C@H]1C(O)C(O)C(O)[C@@H](OP(=O)(O)O)C1O)OC(=O)CC/C=C\C/C=C\C/C=C\C/C=C\CC1OC1C/C=C\CC. The zero-order valence-electron chi connectivity index (χ0n) is 40.2. The van der Waals surface area contributed by atoms with Gasteiger partial charge in [0.2, 0.25) is 0 Å². The van der Waals surface area contributed by atoms with Crippen molar-refractivity contribution in [3.8, 4) is 0 Å². The topological polar surface area (TPSA) is 269 Å². The summed E-state index contributed by atoms with van der Waals surface area (Å²) in [5.41, 5.74) is 0. The van der Waals surface area contributed by atoms with Crippen LogP contribution in [-0.4, -0.2) is 115 Å². The van der Waals surface area contributed by atoms with Crippen LogP contribution >= 0.6 is 15.6 Å². The molecule has 0 bridgehead atoms. The Kier molecular flexibility index (Phi) is 32.9. The third-order valence-corrected chi connectivity index (χ3v) is 12.7. The molecule has 2 rings (SSSR count). The van der Waals surface area contributed by atoms with Crippen LogP contribution in [0.15, 0.2) is 72.9 Å². The van der Waals surface area contributed by atoms with Gasteiger partial charge in [-0.05, 0) is 70.6 Å². The molecule has 7 unspecified atom stereocenters. The van der Waals surface area contributed by atoms with Gasteiger partial charge in [0.15, 0.2) is 6.10 Å². The maximum absolute atomic E-state index is 13.0. The van der Waals surface area contributed by atoms with Gasteiger partial charge in [0.1, 0.15) is 43.2 Å². The van der Waals surface area contributed by atoms with Crippen LogP contribution in [0.3, 0.4) is 0 Å². The second-order valence-corrected chi connectivity index (χ2v) is 19.8. The standard InChI is InChI=1S/C49H82O17P2/c1-3-5-7-8-9-10-11-12-13-14-18-21-24-27-31-35-42(50)61-37-39(38-62-68(59,60)66-49-46(54)44(52)45(53)48(47(49)55)65-67(56,57)58)63-43(51)36-32-28-25-22-19-16-15-17-20-23-26-30-34-41-40(64-41)33-29-6-4-2/h5-7,16-17,19-20,25-26,28-30,39-41,44-49,52-55H,3-4,8-15,18,21-24,27,31-38H2,1-2H3,(H,59,60)(H2,56,57,58)/b7-5-,19-16-,20-17-,28-25-,29-6-,30-26-/t39-,40?,41?,44?,45?,46?,47?,48-,49+/m1/s1. The van der Waals surface area contributed by atoms with Gasteiger partial charge in [-0.25, -0.2) is 9.13 Å². The molecule has 0 amide bonds. The van der Waals surface area contributed by atoms with Crippen LogP contribution in [0.1, 0.15) is 155 Å². The first-order chi connectivity index (χ1) is 32.6. The van der Waals surface area contributed by atoms with Gasteiger partial charge in [0.25, 0.3) is 0 Å².